The number of imide groups is 1. The zero-order valence-corrected chi connectivity index (χ0v) is 38.6. The van der Waals surface area contributed by atoms with Crippen LogP contribution in [0.1, 0.15) is 96.1 Å². The molecule has 19 nitrogen and oxygen atoms in total. The fourth-order valence-electron chi connectivity index (χ4n) is 8.29. The second kappa shape index (κ2) is 19.5. The molecule has 350 valence electrons. The van der Waals surface area contributed by atoms with Gasteiger partial charge in [0.05, 0.1) is 26.7 Å². The van der Waals surface area contributed by atoms with Crippen molar-refractivity contribution < 1.29 is 75.7 Å². The normalized spacial score (nSPS) is 19.8. The van der Waals surface area contributed by atoms with Crippen molar-refractivity contribution in [1.29, 1.82) is 0 Å². The lowest BCUT2D eigenvalue weighted by atomic mass is 9.75. The van der Waals surface area contributed by atoms with Crippen LogP contribution in [0.5, 0.6) is 0 Å². The minimum absolute atomic E-state index is 0.0124. The number of nitrogens with zero attached hydrogens (tertiary/aromatic N) is 3. The summed E-state index contributed by atoms with van der Waals surface area (Å²) in [4.78, 5) is 42.1. The van der Waals surface area contributed by atoms with Crippen LogP contribution < -0.4 is 4.90 Å². The van der Waals surface area contributed by atoms with Crippen LogP contribution in [-0.2, 0) is 70.5 Å². The maximum absolute atomic E-state index is 12.4. The number of hydrogen-bond acceptors (Lipinski definition) is 14. The van der Waals surface area contributed by atoms with Gasteiger partial charge in [0.2, 0.25) is 5.69 Å². The average molecular weight is 970 g/mol. The Morgan fingerprint density at radius 3 is 2.03 bits per heavy atom. The van der Waals surface area contributed by atoms with Crippen molar-refractivity contribution in [2.45, 2.75) is 106 Å². The summed E-state index contributed by atoms with van der Waals surface area (Å²) in [5, 5.41) is 0.478. The first-order valence-corrected chi connectivity index (χ1v) is 26.4. The van der Waals surface area contributed by atoms with E-state index in [1.165, 1.54) is 36.4 Å². The van der Waals surface area contributed by atoms with Crippen molar-refractivity contribution in [3.05, 3.63) is 83.6 Å². The molecule has 2 aromatic rings. The Morgan fingerprint density at radius 2 is 1.41 bits per heavy atom. The SMILES string of the molecule is CC1(CCCCCC(=O)ON2C(=O)CCC2=O)C(/C=C/C=C/C=C2/N(CCCS(=O)(=O)O)c3ccc(S(=O)(=O)[O-])cc3C2(C)C)=[N+](CCCCS(=O)(=O)O)c2ccc(S(=O)(=O)O)cc21. The molecule has 3 heterocycles. The summed E-state index contributed by atoms with van der Waals surface area (Å²) in [5.41, 5.74) is 1.64. The molecule has 23 heteroatoms. The fraction of sp³-hybridized carbons (Fsp3) is 0.463. The molecule has 0 saturated carbocycles. The lowest BCUT2D eigenvalue weighted by molar-refractivity contribution is -0.438. The highest BCUT2D eigenvalue weighted by Crippen LogP contribution is 2.49. The second-order valence-electron chi connectivity index (χ2n) is 16.5. The number of benzene rings is 2. The summed E-state index contributed by atoms with van der Waals surface area (Å²) < 4.78 is 137. The summed E-state index contributed by atoms with van der Waals surface area (Å²) in [7, 11) is -18.0. The van der Waals surface area contributed by atoms with Gasteiger partial charge in [0.15, 0.2) is 5.71 Å². The van der Waals surface area contributed by atoms with Crippen LogP contribution in [0.2, 0.25) is 0 Å². The lowest BCUT2D eigenvalue weighted by Crippen LogP contribution is -2.32. The van der Waals surface area contributed by atoms with Crippen molar-refractivity contribution in [1.82, 2.24) is 5.06 Å². The molecule has 1 saturated heterocycles. The first kappa shape index (κ1) is 50.4. The van der Waals surface area contributed by atoms with Crippen molar-refractivity contribution in [2.24, 2.45) is 0 Å². The third-order valence-corrected chi connectivity index (χ3v) is 14.8. The van der Waals surface area contributed by atoms with Gasteiger partial charge in [0, 0.05) is 66.7 Å². The van der Waals surface area contributed by atoms with Crippen LogP contribution in [0.25, 0.3) is 0 Å². The molecule has 2 aromatic carbocycles. The zero-order valence-electron chi connectivity index (χ0n) is 35.4. The molecule has 5 rings (SSSR count). The summed E-state index contributed by atoms with van der Waals surface area (Å²) in [6.07, 6.45) is 10.5. The molecule has 3 N–H and O–H groups in total. The smallest absolute Gasteiger partial charge is 0.333 e. The molecule has 0 aliphatic carbocycles. The summed E-state index contributed by atoms with van der Waals surface area (Å²) >= 11 is 0. The van der Waals surface area contributed by atoms with Crippen LogP contribution in [0.4, 0.5) is 11.4 Å². The van der Waals surface area contributed by atoms with Gasteiger partial charge in [0.1, 0.15) is 16.7 Å². The largest absolute Gasteiger partial charge is 0.744 e. The highest BCUT2D eigenvalue weighted by Gasteiger charge is 2.48. The van der Waals surface area contributed by atoms with Crippen LogP contribution >= 0.6 is 0 Å². The Hall–Kier alpha value is -4.62. The van der Waals surface area contributed by atoms with Gasteiger partial charge in [-0.25, -0.2) is 13.2 Å². The Balaban J connectivity index is 1.47. The number of anilines is 1. The third kappa shape index (κ3) is 12.2. The molecule has 1 unspecified atom stereocenters. The minimum Gasteiger partial charge on any atom is -0.744 e. The molecule has 3 aliphatic heterocycles. The van der Waals surface area contributed by atoms with Gasteiger partial charge in [0.25, 0.3) is 42.2 Å². The maximum Gasteiger partial charge on any atom is 0.333 e. The molecule has 2 amide bonds. The van der Waals surface area contributed by atoms with E-state index in [4.69, 9.17) is 4.84 Å². The number of carbonyl (C=O) groups excluding carboxylic acids is 3. The number of amides is 2. The van der Waals surface area contributed by atoms with E-state index in [2.05, 4.69) is 0 Å². The van der Waals surface area contributed by atoms with Crippen LogP contribution in [0, 0.1) is 0 Å². The molecule has 64 heavy (non-hydrogen) atoms. The predicted molar refractivity (Wildman–Crippen MR) is 231 cm³/mol. The molecule has 0 spiro atoms. The van der Waals surface area contributed by atoms with Gasteiger partial charge in [-0.1, -0.05) is 44.9 Å². The van der Waals surface area contributed by atoms with Gasteiger partial charge >= 0.3 is 5.97 Å². The van der Waals surface area contributed by atoms with E-state index in [0.29, 0.717) is 64.7 Å². The predicted octanol–water partition coefficient (Wildman–Crippen LogP) is 4.49. The first-order valence-electron chi connectivity index (χ1n) is 20.3. The fourth-order valence-corrected chi connectivity index (χ4v) is 10.4. The Labute approximate surface area is 373 Å². The molecular weight excluding hydrogens is 919 g/mol. The Morgan fingerprint density at radius 1 is 0.781 bits per heavy atom. The number of rotatable bonds is 21. The van der Waals surface area contributed by atoms with Crippen LogP contribution in [0.3, 0.4) is 0 Å². The molecule has 0 aromatic heterocycles. The highest BCUT2D eigenvalue weighted by molar-refractivity contribution is 7.86. The van der Waals surface area contributed by atoms with Gasteiger partial charge in [-0.05, 0) is 74.6 Å². The van der Waals surface area contributed by atoms with E-state index in [1.54, 1.807) is 35.3 Å². The van der Waals surface area contributed by atoms with E-state index in [1.807, 2.05) is 25.3 Å². The zero-order chi connectivity index (χ0) is 47.5. The number of fused-ring (bicyclic) bond motifs is 2. The second-order valence-corrected chi connectivity index (χ2v) is 22.4. The quantitative estimate of drug-likeness (QED) is 0.0510. The van der Waals surface area contributed by atoms with Crippen molar-refractivity contribution in [2.75, 3.05) is 29.5 Å². The summed E-state index contributed by atoms with van der Waals surface area (Å²) in [5.74, 6) is -2.97. The average Bonchev–Trinajstić information content (AvgIpc) is 3.70. The number of hydroxylamine groups is 2. The summed E-state index contributed by atoms with van der Waals surface area (Å²) in [6, 6.07) is 8.09. The van der Waals surface area contributed by atoms with E-state index in [0.717, 1.165) is 0 Å². The standard InChI is InChI=1S/C41H51N3O16S4/c1-40(2)31-27-29(63(54,55)56)16-18-33(31)42(24-12-26-62(51,52)53)35(40)13-6-4-7-14-36-41(3,22-9-5-8-15-39(47)60-44-37(45)20-21-38(44)46)32-28-30(64(57,58)59)17-19-34(32)43(36)23-10-11-25-61(48,49)50/h4,6-7,13-14,16-19,27-28H,5,8-12,15,20-26H2,1-3H3,(H3-,48,49,50,51,52,53,54,55,56,57,58,59). The molecular formula is C41H51N3O16S4. The minimum atomic E-state index is -4.81. The van der Waals surface area contributed by atoms with Gasteiger partial charge in [-0.3, -0.25) is 23.2 Å². The van der Waals surface area contributed by atoms with Gasteiger partial charge in [-0.15, -0.1) is 5.06 Å². The number of hydrogen-bond donors (Lipinski definition) is 3. The molecule has 1 fully saturated rings. The first-order chi connectivity index (χ1) is 29.6. The topological polar surface area (TPSA) is 290 Å². The maximum atomic E-state index is 12.4. The van der Waals surface area contributed by atoms with Crippen molar-refractivity contribution in [3.63, 3.8) is 0 Å². The molecule has 0 radical (unpaired) electrons. The van der Waals surface area contributed by atoms with E-state index < -0.39 is 85.5 Å². The van der Waals surface area contributed by atoms with Crippen LogP contribution in [-0.4, -0.2) is 110 Å². The third-order valence-electron chi connectivity index (χ3n) is 11.5. The molecule has 0 bridgehead atoms. The highest BCUT2D eigenvalue weighted by atomic mass is 32.2. The van der Waals surface area contributed by atoms with E-state index in [-0.39, 0.29) is 56.5 Å². The number of carbonyl (C=O) groups is 3. The molecule has 3 aliphatic rings. The van der Waals surface area contributed by atoms with Crippen molar-refractivity contribution in [3.8, 4) is 0 Å². The summed E-state index contributed by atoms with van der Waals surface area (Å²) in [6.45, 7) is 5.84. The van der Waals surface area contributed by atoms with Crippen LogP contribution in [0.15, 0.2) is 82.3 Å². The lowest BCUT2D eigenvalue weighted by Gasteiger charge is -2.27. The van der Waals surface area contributed by atoms with Gasteiger partial charge in [-0.2, -0.15) is 29.8 Å². The Kier molecular flexibility index (Phi) is 15.3. The number of allylic oxidation sites excluding steroid dienone is 6. The number of unbranched alkanes of at least 4 members (excludes halogenated alkanes) is 3. The van der Waals surface area contributed by atoms with Gasteiger partial charge < -0.3 is 14.3 Å². The van der Waals surface area contributed by atoms with E-state index >= 15 is 0 Å². The Bertz CT molecular complexity index is 2760. The van der Waals surface area contributed by atoms with Crippen molar-refractivity contribution >= 4 is 75.3 Å². The molecule has 1 atom stereocenters. The monoisotopic (exact) mass is 969 g/mol. The van der Waals surface area contributed by atoms with E-state index in [9.17, 15) is 66.3 Å².